The Bertz CT molecular complexity index is 396. The molecule has 5 heteroatoms. The Morgan fingerprint density at radius 2 is 2.12 bits per heavy atom. The van der Waals surface area contributed by atoms with Crippen molar-refractivity contribution in [1.82, 2.24) is 0 Å². The van der Waals surface area contributed by atoms with E-state index in [4.69, 9.17) is 27.9 Å². The largest absolute Gasteiger partial charge is 0.466 e. The Hall–Kier alpha value is -0.380. The first-order valence-electron chi connectivity index (χ1n) is 5.30. The van der Waals surface area contributed by atoms with Crippen molar-refractivity contribution in [3.05, 3.63) is 28.2 Å². The standard InChI is InChI=1S/C12H14Cl2O2S/c1-3-16-12(15)6-8(2)17-9-4-5-10(13)11(14)7-9/h4-5,7-8H,3,6H2,1-2H3. The number of carbonyl (C=O) groups excluding carboxylic acids is 1. The summed E-state index contributed by atoms with van der Waals surface area (Å²) in [6, 6.07) is 5.44. The number of esters is 1. The molecule has 0 aromatic heterocycles. The molecule has 0 amide bonds. The molecule has 0 aliphatic heterocycles. The van der Waals surface area contributed by atoms with Crippen LogP contribution in [0.3, 0.4) is 0 Å². The number of hydrogen-bond donors (Lipinski definition) is 0. The summed E-state index contributed by atoms with van der Waals surface area (Å²) in [5.41, 5.74) is 0. The molecule has 94 valence electrons. The maximum absolute atomic E-state index is 11.3. The summed E-state index contributed by atoms with van der Waals surface area (Å²) in [5, 5.41) is 1.21. The fraction of sp³-hybridized carbons (Fsp3) is 0.417. The zero-order valence-corrected chi connectivity index (χ0v) is 12.0. The lowest BCUT2D eigenvalue weighted by Gasteiger charge is -2.10. The molecule has 1 aromatic rings. The molecular formula is C12H14Cl2O2S. The van der Waals surface area contributed by atoms with Gasteiger partial charge >= 0.3 is 5.97 Å². The average molecular weight is 293 g/mol. The third-order valence-electron chi connectivity index (χ3n) is 1.99. The van der Waals surface area contributed by atoms with Crippen LogP contribution in [-0.2, 0) is 9.53 Å². The van der Waals surface area contributed by atoms with Crippen molar-refractivity contribution in [3.63, 3.8) is 0 Å². The van der Waals surface area contributed by atoms with Gasteiger partial charge in [0.05, 0.1) is 23.1 Å². The van der Waals surface area contributed by atoms with Gasteiger partial charge in [0.25, 0.3) is 0 Å². The predicted molar refractivity (Wildman–Crippen MR) is 73.0 cm³/mol. The van der Waals surface area contributed by atoms with Crippen molar-refractivity contribution >= 4 is 40.9 Å². The Balaban J connectivity index is 2.53. The van der Waals surface area contributed by atoms with E-state index < -0.39 is 0 Å². The highest BCUT2D eigenvalue weighted by Crippen LogP contribution is 2.31. The van der Waals surface area contributed by atoms with Crippen LogP contribution in [-0.4, -0.2) is 17.8 Å². The molecule has 1 aromatic carbocycles. The maximum atomic E-state index is 11.3. The highest BCUT2D eigenvalue weighted by molar-refractivity contribution is 8.00. The monoisotopic (exact) mass is 292 g/mol. The van der Waals surface area contributed by atoms with E-state index in [0.717, 1.165) is 4.90 Å². The summed E-state index contributed by atoms with van der Waals surface area (Å²) in [4.78, 5) is 12.3. The highest BCUT2D eigenvalue weighted by atomic mass is 35.5. The minimum atomic E-state index is -0.174. The first-order valence-corrected chi connectivity index (χ1v) is 6.93. The van der Waals surface area contributed by atoms with Crippen LogP contribution < -0.4 is 0 Å². The van der Waals surface area contributed by atoms with Gasteiger partial charge in [-0.1, -0.05) is 30.1 Å². The number of hydrogen-bond acceptors (Lipinski definition) is 3. The average Bonchev–Trinajstić information content (AvgIpc) is 2.23. The zero-order chi connectivity index (χ0) is 12.8. The van der Waals surface area contributed by atoms with Crippen molar-refractivity contribution in [2.45, 2.75) is 30.4 Å². The smallest absolute Gasteiger partial charge is 0.306 e. The van der Waals surface area contributed by atoms with E-state index in [1.54, 1.807) is 30.8 Å². The number of carbonyl (C=O) groups is 1. The topological polar surface area (TPSA) is 26.3 Å². The molecule has 1 rings (SSSR count). The Labute approximate surface area is 116 Å². The van der Waals surface area contributed by atoms with E-state index in [0.29, 0.717) is 23.1 Å². The molecule has 0 bridgehead atoms. The van der Waals surface area contributed by atoms with E-state index >= 15 is 0 Å². The first-order chi connectivity index (χ1) is 8.02. The fourth-order valence-electron chi connectivity index (χ4n) is 1.28. The SMILES string of the molecule is CCOC(=O)CC(C)Sc1ccc(Cl)c(Cl)c1. The van der Waals surface area contributed by atoms with Gasteiger partial charge in [0, 0.05) is 10.1 Å². The third kappa shape index (κ3) is 5.19. The molecule has 1 unspecified atom stereocenters. The summed E-state index contributed by atoms with van der Waals surface area (Å²) >= 11 is 13.3. The summed E-state index contributed by atoms with van der Waals surface area (Å²) in [5.74, 6) is -0.174. The third-order valence-corrected chi connectivity index (χ3v) is 3.82. The molecule has 1 atom stereocenters. The van der Waals surface area contributed by atoms with Crippen LogP contribution in [0.4, 0.5) is 0 Å². The van der Waals surface area contributed by atoms with Crippen LogP contribution in [0.25, 0.3) is 0 Å². The van der Waals surface area contributed by atoms with Gasteiger partial charge in [0.1, 0.15) is 0 Å². The number of ether oxygens (including phenoxy) is 1. The summed E-state index contributed by atoms with van der Waals surface area (Å²) in [7, 11) is 0. The first kappa shape index (κ1) is 14.7. The Morgan fingerprint density at radius 1 is 1.41 bits per heavy atom. The molecule has 0 heterocycles. The number of halogens is 2. The lowest BCUT2D eigenvalue weighted by molar-refractivity contribution is -0.142. The van der Waals surface area contributed by atoms with Gasteiger partial charge in [-0.3, -0.25) is 4.79 Å². The minimum Gasteiger partial charge on any atom is -0.466 e. The quantitative estimate of drug-likeness (QED) is 0.593. The lowest BCUT2D eigenvalue weighted by atomic mass is 10.3. The van der Waals surface area contributed by atoms with E-state index in [1.807, 2.05) is 13.0 Å². The van der Waals surface area contributed by atoms with E-state index in [9.17, 15) is 4.79 Å². The van der Waals surface area contributed by atoms with Gasteiger partial charge < -0.3 is 4.74 Å². The van der Waals surface area contributed by atoms with Crippen LogP contribution in [0.15, 0.2) is 23.1 Å². The van der Waals surface area contributed by atoms with Gasteiger partial charge in [0.15, 0.2) is 0 Å². The van der Waals surface area contributed by atoms with Gasteiger partial charge in [-0.15, -0.1) is 11.8 Å². The van der Waals surface area contributed by atoms with Crippen molar-refractivity contribution in [2.75, 3.05) is 6.61 Å². The van der Waals surface area contributed by atoms with Gasteiger partial charge in [-0.2, -0.15) is 0 Å². The van der Waals surface area contributed by atoms with Gasteiger partial charge in [0.2, 0.25) is 0 Å². The second-order valence-electron chi connectivity index (χ2n) is 3.51. The van der Waals surface area contributed by atoms with Crippen LogP contribution in [0.2, 0.25) is 10.0 Å². The zero-order valence-electron chi connectivity index (χ0n) is 9.70. The number of benzene rings is 1. The van der Waals surface area contributed by atoms with Crippen molar-refractivity contribution in [1.29, 1.82) is 0 Å². The molecule has 2 nitrogen and oxygen atoms in total. The summed E-state index contributed by atoms with van der Waals surface area (Å²) in [6.07, 6.45) is 0.388. The minimum absolute atomic E-state index is 0.145. The van der Waals surface area contributed by atoms with Gasteiger partial charge in [-0.25, -0.2) is 0 Å². The molecule has 0 aliphatic rings. The lowest BCUT2D eigenvalue weighted by Crippen LogP contribution is -2.10. The van der Waals surface area contributed by atoms with Crippen molar-refractivity contribution < 1.29 is 9.53 Å². The summed E-state index contributed by atoms with van der Waals surface area (Å²) in [6.45, 7) is 4.20. The second kappa shape index (κ2) is 7.14. The molecule has 0 fully saturated rings. The summed E-state index contributed by atoms with van der Waals surface area (Å²) < 4.78 is 4.89. The van der Waals surface area contributed by atoms with Gasteiger partial charge in [-0.05, 0) is 25.1 Å². The van der Waals surface area contributed by atoms with Crippen LogP contribution in [0.5, 0.6) is 0 Å². The predicted octanol–water partition coefficient (Wildman–Crippen LogP) is 4.43. The molecule has 0 aliphatic carbocycles. The van der Waals surface area contributed by atoms with Crippen molar-refractivity contribution in [3.8, 4) is 0 Å². The number of rotatable bonds is 5. The van der Waals surface area contributed by atoms with Crippen LogP contribution >= 0.6 is 35.0 Å². The van der Waals surface area contributed by atoms with E-state index in [1.165, 1.54) is 0 Å². The molecule has 0 N–H and O–H groups in total. The Kier molecular flexibility index (Phi) is 6.17. The van der Waals surface area contributed by atoms with Crippen LogP contribution in [0.1, 0.15) is 20.3 Å². The van der Waals surface area contributed by atoms with E-state index in [2.05, 4.69) is 0 Å². The fourth-order valence-corrected chi connectivity index (χ4v) is 2.66. The molecule has 0 spiro atoms. The van der Waals surface area contributed by atoms with Crippen molar-refractivity contribution in [2.24, 2.45) is 0 Å². The van der Waals surface area contributed by atoms with Crippen LogP contribution in [0, 0.1) is 0 Å². The second-order valence-corrected chi connectivity index (χ2v) is 5.84. The molecule has 0 saturated heterocycles. The van der Waals surface area contributed by atoms with E-state index in [-0.39, 0.29) is 11.2 Å². The molecular weight excluding hydrogens is 279 g/mol. The molecule has 0 radical (unpaired) electrons. The molecule has 0 saturated carbocycles. The maximum Gasteiger partial charge on any atom is 0.306 e. The highest BCUT2D eigenvalue weighted by Gasteiger charge is 2.11. The number of thioether (sulfide) groups is 1. The molecule has 17 heavy (non-hydrogen) atoms. The normalized spacial score (nSPS) is 12.2. The Morgan fingerprint density at radius 3 is 2.71 bits per heavy atom.